The summed E-state index contributed by atoms with van der Waals surface area (Å²) in [5.74, 6) is -4.21. The number of sulfonamides is 1. The van der Waals surface area contributed by atoms with E-state index in [0.29, 0.717) is 28.7 Å². The van der Waals surface area contributed by atoms with Gasteiger partial charge in [-0.2, -0.15) is 5.26 Å². The maximum Gasteiger partial charge on any atom is 0.303 e. The van der Waals surface area contributed by atoms with E-state index >= 15 is 0 Å². The molecule has 1 fully saturated rings. The van der Waals surface area contributed by atoms with Crippen molar-refractivity contribution < 1.29 is 60.6 Å². The van der Waals surface area contributed by atoms with Crippen LogP contribution in [0.5, 0.6) is 0 Å². The van der Waals surface area contributed by atoms with Crippen LogP contribution in [0.4, 0.5) is 17.3 Å². The molecule has 1 amide bonds. The molecule has 3 aromatic rings. The second-order valence-electron chi connectivity index (χ2n) is 11.8. The number of aromatic nitrogens is 1. The first-order valence-electron chi connectivity index (χ1n) is 16.3. The number of anilines is 3. The minimum atomic E-state index is -4.11. The van der Waals surface area contributed by atoms with Gasteiger partial charge in [0.2, 0.25) is 5.88 Å². The van der Waals surface area contributed by atoms with Crippen molar-refractivity contribution in [2.45, 2.75) is 76.3 Å². The summed E-state index contributed by atoms with van der Waals surface area (Å²) in [6.07, 6.45) is -5.73. The zero-order chi connectivity index (χ0) is 40.4. The van der Waals surface area contributed by atoms with Crippen LogP contribution in [0.3, 0.4) is 0 Å². The van der Waals surface area contributed by atoms with Gasteiger partial charge in [0.05, 0.1) is 15.6 Å². The summed E-state index contributed by atoms with van der Waals surface area (Å²) in [7, 11) is -4.11. The Labute approximate surface area is 319 Å². The van der Waals surface area contributed by atoms with E-state index in [2.05, 4.69) is 20.5 Å². The lowest BCUT2D eigenvalue weighted by atomic mass is 9.99. The van der Waals surface area contributed by atoms with Gasteiger partial charge in [-0.25, -0.2) is 13.1 Å². The molecule has 0 unspecified atom stereocenters. The Balaban J connectivity index is 1.72. The molecular weight excluding hydrogens is 763 g/mol. The molecule has 18 nitrogen and oxygen atoms in total. The zero-order valence-electron chi connectivity index (χ0n) is 30.3. The van der Waals surface area contributed by atoms with E-state index < -0.39 is 81.8 Å². The molecule has 1 aromatic heterocycles. The number of carbonyl (C=O) groups is 5. The SMILES string of the molecule is CC(=O)OC[C@H]1O[C@@H](S/C(Nc2ccccc2)=C(\C#N)C(=O)Nc2ccc(S(=O)(=O)Nc3onc(C)c3C)cc2)[C@H](OC(C)=O)[C@@H](OC(C)=O)[C@H]1OC(C)=O. The Bertz CT molecular complexity index is 2100. The predicted molar refractivity (Wildman–Crippen MR) is 194 cm³/mol. The van der Waals surface area contributed by atoms with Crippen molar-refractivity contribution in [3.8, 4) is 6.07 Å². The van der Waals surface area contributed by atoms with Gasteiger partial charge in [0.25, 0.3) is 15.9 Å². The number of amides is 1. The van der Waals surface area contributed by atoms with Crippen molar-refractivity contribution >= 4 is 68.8 Å². The summed E-state index contributed by atoms with van der Waals surface area (Å²) in [5, 5.41) is 19.5. The lowest BCUT2D eigenvalue weighted by molar-refractivity contribution is -0.237. The van der Waals surface area contributed by atoms with E-state index in [9.17, 15) is 37.7 Å². The number of ether oxygens (including phenoxy) is 5. The number of nitrogens with zero attached hydrogens (tertiary/aromatic N) is 2. The number of esters is 4. The second kappa shape index (κ2) is 18.4. The lowest BCUT2D eigenvalue weighted by Crippen LogP contribution is -2.61. The molecular formula is C35H37N5O13S2. The van der Waals surface area contributed by atoms with Gasteiger partial charge in [-0.3, -0.25) is 24.0 Å². The number of nitrogens with one attached hydrogen (secondary N) is 3. The minimum absolute atomic E-state index is 0.0497. The van der Waals surface area contributed by atoms with Crippen molar-refractivity contribution in [2.24, 2.45) is 0 Å². The number of benzene rings is 2. The number of carbonyl (C=O) groups excluding carboxylic acids is 5. The Morgan fingerprint density at radius 2 is 1.40 bits per heavy atom. The minimum Gasteiger partial charge on any atom is -0.463 e. The van der Waals surface area contributed by atoms with E-state index in [0.717, 1.165) is 27.7 Å². The third-order valence-electron chi connectivity index (χ3n) is 7.59. The van der Waals surface area contributed by atoms with Crippen LogP contribution in [0.2, 0.25) is 0 Å². The third kappa shape index (κ3) is 11.3. The third-order valence-corrected chi connectivity index (χ3v) is 10.1. The molecule has 1 aliphatic rings. The van der Waals surface area contributed by atoms with Crippen LogP contribution in [-0.4, -0.2) is 79.8 Å². The van der Waals surface area contributed by atoms with Crippen molar-refractivity contribution in [1.29, 1.82) is 5.26 Å². The molecule has 2 heterocycles. The molecule has 1 saturated heterocycles. The zero-order valence-corrected chi connectivity index (χ0v) is 31.9. The molecule has 5 atom stereocenters. The standard InChI is InChI=1S/C35H37N5O13S2/c1-18-19(2)39-53-33(18)40-55(46,47)26-14-12-25(13-15-26)37-32(45)27(16-36)34(38-24-10-8-7-9-11-24)54-35-31(51-23(6)44)30(50-22(5)43)29(49-21(4)42)28(52-35)17-48-20(3)41/h7-15,28-31,35,38,40H,17H2,1-6H3,(H,37,45)/b34-27+/t28-,29+,30+,31-,35+/m1/s1. The van der Waals surface area contributed by atoms with Crippen molar-refractivity contribution in [3.63, 3.8) is 0 Å². The van der Waals surface area contributed by atoms with Gasteiger partial charge < -0.3 is 38.8 Å². The number of thioether (sulfide) groups is 1. The van der Waals surface area contributed by atoms with Gasteiger partial charge >= 0.3 is 23.9 Å². The van der Waals surface area contributed by atoms with Crippen LogP contribution < -0.4 is 15.4 Å². The topological polar surface area (TPSA) is 252 Å². The number of para-hydroxylation sites is 1. The van der Waals surface area contributed by atoms with Crippen molar-refractivity contribution in [1.82, 2.24) is 5.16 Å². The van der Waals surface area contributed by atoms with Crippen molar-refractivity contribution in [2.75, 3.05) is 22.0 Å². The average molecular weight is 800 g/mol. The lowest BCUT2D eigenvalue weighted by Gasteiger charge is -2.44. The van der Waals surface area contributed by atoms with Gasteiger partial charge in [-0.05, 0) is 50.2 Å². The molecule has 2 aromatic carbocycles. The molecule has 4 rings (SSSR count). The normalized spacial score (nSPS) is 19.8. The highest BCUT2D eigenvalue weighted by Gasteiger charge is 2.53. The Kier molecular flexibility index (Phi) is 14.0. The first kappa shape index (κ1) is 41.8. The number of nitriles is 1. The smallest absolute Gasteiger partial charge is 0.303 e. The Hall–Kier alpha value is -5.91. The Morgan fingerprint density at radius 1 is 0.818 bits per heavy atom. The van der Waals surface area contributed by atoms with Crippen LogP contribution >= 0.6 is 11.8 Å². The summed E-state index contributed by atoms with van der Waals surface area (Å²) in [6, 6.07) is 15.3. The highest BCUT2D eigenvalue weighted by atomic mass is 32.2. The van der Waals surface area contributed by atoms with Crippen LogP contribution in [0, 0.1) is 25.2 Å². The van der Waals surface area contributed by atoms with Crippen LogP contribution in [0.15, 0.2) is 74.6 Å². The van der Waals surface area contributed by atoms with Gasteiger partial charge in [-0.15, -0.1) is 0 Å². The summed E-state index contributed by atoms with van der Waals surface area (Å²) < 4.78 is 61.1. The van der Waals surface area contributed by atoms with Crippen LogP contribution in [0.25, 0.3) is 0 Å². The van der Waals surface area contributed by atoms with E-state index in [1.165, 1.54) is 24.3 Å². The van der Waals surface area contributed by atoms with E-state index in [-0.39, 0.29) is 21.5 Å². The van der Waals surface area contributed by atoms with Gasteiger partial charge in [0.15, 0.2) is 23.7 Å². The van der Waals surface area contributed by atoms with Gasteiger partial charge in [0, 0.05) is 44.6 Å². The molecule has 0 bridgehead atoms. The molecule has 20 heteroatoms. The summed E-state index contributed by atoms with van der Waals surface area (Å²) >= 11 is 0.693. The first-order valence-corrected chi connectivity index (χ1v) is 18.7. The fourth-order valence-electron chi connectivity index (χ4n) is 5.01. The number of hydrogen-bond donors (Lipinski definition) is 3. The van der Waals surface area contributed by atoms with E-state index in [1.54, 1.807) is 44.2 Å². The monoisotopic (exact) mass is 799 g/mol. The van der Waals surface area contributed by atoms with Crippen LogP contribution in [-0.2, 0) is 57.7 Å². The first-order chi connectivity index (χ1) is 26.0. The molecule has 0 spiro atoms. The molecule has 0 saturated carbocycles. The largest absolute Gasteiger partial charge is 0.463 e. The fourth-order valence-corrected chi connectivity index (χ4v) is 7.27. The van der Waals surface area contributed by atoms with Crippen LogP contribution in [0.1, 0.15) is 39.0 Å². The average Bonchev–Trinajstić information content (AvgIpc) is 3.42. The Morgan fingerprint density at radius 3 is 1.95 bits per heavy atom. The van der Waals surface area contributed by atoms with Crippen molar-refractivity contribution in [3.05, 3.63) is 76.5 Å². The summed E-state index contributed by atoms with van der Waals surface area (Å²) in [6.45, 7) is 7.16. The maximum absolute atomic E-state index is 13.8. The highest BCUT2D eigenvalue weighted by molar-refractivity contribution is 8.03. The molecule has 3 N–H and O–H groups in total. The highest BCUT2D eigenvalue weighted by Crippen LogP contribution is 2.39. The van der Waals surface area contributed by atoms with E-state index in [4.69, 9.17) is 28.2 Å². The molecule has 292 valence electrons. The predicted octanol–water partition coefficient (Wildman–Crippen LogP) is 3.69. The quantitative estimate of drug-likeness (QED) is 0.0910. The van der Waals surface area contributed by atoms with E-state index in [1.807, 2.05) is 6.07 Å². The number of rotatable bonds is 14. The fraction of sp³-hybridized carbons (Fsp3) is 0.343. The maximum atomic E-state index is 13.8. The van der Waals surface area contributed by atoms with Gasteiger partial charge in [0.1, 0.15) is 24.4 Å². The summed E-state index contributed by atoms with van der Waals surface area (Å²) in [4.78, 5) is 62.2. The number of aryl methyl sites for hydroxylation is 1. The number of hydrogen-bond acceptors (Lipinski definition) is 17. The second-order valence-corrected chi connectivity index (χ2v) is 14.6. The summed E-state index contributed by atoms with van der Waals surface area (Å²) in [5.41, 5.74) is -0.362. The molecule has 0 radical (unpaired) electrons. The van der Waals surface area contributed by atoms with Gasteiger partial charge in [-0.1, -0.05) is 35.1 Å². The molecule has 0 aliphatic carbocycles. The molecule has 55 heavy (non-hydrogen) atoms. The molecule has 1 aliphatic heterocycles.